The number of hydrogen-bond donors (Lipinski definition) is 2. The summed E-state index contributed by atoms with van der Waals surface area (Å²) < 4.78 is 4.82. The summed E-state index contributed by atoms with van der Waals surface area (Å²) >= 11 is 0. The zero-order chi connectivity index (χ0) is 17.4. The average molecular weight is 337 g/mol. The van der Waals surface area contributed by atoms with Gasteiger partial charge in [-0.05, 0) is 36.6 Å². The van der Waals surface area contributed by atoms with Crippen molar-refractivity contribution in [2.45, 2.75) is 19.1 Å². The molecule has 1 unspecified atom stereocenters. The second kappa shape index (κ2) is 6.22. The Morgan fingerprint density at radius 2 is 2.20 bits per heavy atom. The number of aromatic amines is 1. The fourth-order valence-corrected chi connectivity index (χ4v) is 3.45. The van der Waals surface area contributed by atoms with Crippen molar-refractivity contribution in [3.05, 3.63) is 59.4 Å². The summed E-state index contributed by atoms with van der Waals surface area (Å²) in [6.07, 6.45) is 2.73. The molecule has 6 heteroatoms. The molecule has 6 nitrogen and oxygen atoms in total. The maximum absolute atomic E-state index is 11.9. The van der Waals surface area contributed by atoms with E-state index in [0.717, 1.165) is 25.1 Å². The van der Waals surface area contributed by atoms with Gasteiger partial charge >= 0.3 is 5.97 Å². The lowest BCUT2D eigenvalue weighted by Gasteiger charge is -2.34. The third-order valence-corrected chi connectivity index (χ3v) is 4.67. The Kier molecular flexibility index (Phi) is 3.89. The zero-order valence-electron chi connectivity index (χ0n) is 13.9. The largest absolute Gasteiger partial charge is 0.465 e. The van der Waals surface area contributed by atoms with Crippen LogP contribution in [-0.2, 0) is 11.2 Å². The third-order valence-electron chi connectivity index (χ3n) is 4.67. The van der Waals surface area contributed by atoms with Gasteiger partial charge in [-0.25, -0.2) is 4.79 Å². The molecule has 0 saturated heterocycles. The number of pyridine rings is 1. The van der Waals surface area contributed by atoms with Gasteiger partial charge in [-0.3, -0.25) is 4.98 Å². The lowest BCUT2D eigenvalue weighted by atomic mass is 10.0. The number of H-pyrrole nitrogens is 1. The SMILES string of the molecule is COC(=O)c1ccnc2cc(C(O)N3CCCc4ccccc43)[nH]c12. The van der Waals surface area contributed by atoms with Crippen LogP contribution in [0.3, 0.4) is 0 Å². The van der Waals surface area contributed by atoms with E-state index in [2.05, 4.69) is 16.0 Å². The van der Waals surface area contributed by atoms with Crippen LogP contribution in [0, 0.1) is 0 Å². The Hall–Kier alpha value is -2.86. The summed E-state index contributed by atoms with van der Waals surface area (Å²) in [5, 5.41) is 10.9. The Balaban J connectivity index is 1.74. The number of fused-ring (bicyclic) bond motifs is 2. The highest BCUT2D eigenvalue weighted by molar-refractivity contribution is 6.01. The first kappa shape index (κ1) is 15.7. The van der Waals surface area contributed by atoms with Crippen LogP contribution in [0.25, 0.3) is 11.0 Å². The molecule has 1 aliphatic rings. The van der Waals surface area contributed by atoms with Crippen LogP contribution in [0.15, 0.2) is 42.6 Å². The number of carbonyl (C=O) groups is 1. The van der Waals surface area contributed by atoms with E-state index in [9.17, 15) is 9.90 Å². The number of carbonyl (C=O) groups excluding carboxylic acids is 1. The molecule has 0 radical (unpaired) electrons. The summed E-state index contributed by atoms with van der Waals surface area (Å²) in [6.45, 7) is 0.769. The van der Waals surface area contributed by atoms with Gasteiger partial charge in [-0.2, -0.15) is 0 Å². The molecule has 1 aliphatic heterocycles. The first-order chi connectivity index (χ1) is 12.2. The van der Waals surface area contributed by atoms with Gasteiger partial charge in [-0.15, -0.1) is 0 Å². The van der Waals surface area contributed by atoms with Crippen LogP contribution in [0.4, 0.5) is 5.69 Å². The van der Waals surface area contributed by atoms with E-state index >= 15 is 0 Å². The molecule has 0 amide bonds. The fourth-order valence-electron chi connectivity index (χ4n) is 3.45. The van der Waals surface area contributed by atoms with Crippen molar-refractivity contribution >= 4 is 22.7 Å². The number of esters is 1. The van der Waals surface area contributed by atoms with Gasteiger partial charge in [0.25, 0.3) is 0 Å². The van der Waals surface area contributed by atoms with Crippen molar-refractivity contribution in [2.75, 3.05) is 18.6 Å². The molecule has 1 aromatic carbocycles. The first-order valence-electron chi connectivity index (χ1n) is 8.27. The number of aliphatic hydroxyl groups is 1. The molecule has 0 spiro atoms. The van der Waals surface area contributed by atoms with Crippen LogP contribution in [0.2, 0.25) is 0 Å². The van der Waals surface area contributed by atoms with Crippen molar-refractivity contribution in [2.24, 2.45) is 0 Å². The van der Waals surface area contributed by atoms with E-state index in [1.165, 1.54) is 12.7 Å². The number of benzene rings is 1. The molecular formula is C19H19N3O3. The summed E-state index contributed by atoms with van der Waals surface area (Å²) in [4.78, 5) is 21.3. The normalized spacial score (nSPS) is 15.0. The number of aromatic nitrogens is 2. The van der Waals surface area contributed by atoms with E-state index in [4.69, 9.17) is 4.74 Å². The van der Waals surface area contributed by atoms with Gasteiger partial charge < -0.3 is 19.7 Å². The fraction of sp³-hybridized carbons (Fsp3) is 0.263. The van der Waals surface area contributed by atoms with Crippen molar-refractivity contribution in [1.29, 1.82) is 0 Å². The molecule has 25 heavy (non-hydrogen) atoms. The lowest BCUT2D eigenvalue weighted by Crippen LogP contribution is -2.33. The molecule has 0 fully saturated rings. The highest BCUT2D eigenvalue weighted by atomic mass is 16.5. The minimum atomic E-state index is -0.832. The van der Waals surface area contributed by atoms with Crippen molar-refractivity contribution in [3.63, 3.8) is 0 Å². The van der Waals surface area contributed by atoms with Gasteiger partial charge in [0.1, 0.15) is 0 Å². The number of anilines is 1. The molecule has 128 valence electrons. The number of hydrogen-bond acceptors (Lipinski definition) is 5. The summed E-state index contributed by atoms with van der Waals surface area (Å²) in [5.41, 5.74) is 4.50. The Labute approximate surface area is 145 Å². The molecule has 0 saturated carbocycles. The number of nitrogens with one attached hydrogen (secondary N) is 1. The number of para-hydroxylation sites is 1. The number of methoxy groups -OCH3 is 1. The molecule has 2 N–H and O–H groups in total. The van der Waals surface area contributed by atoms with E-state index in [0.29, 0.717) is 22.3 Å². The van der Waals surface area contributed by atoms with Crippen molar-refractivity contribution < 1.29 is 14.6 Å². The highest BCUT2D eigenvalue weighted by Gasteiger charge is 2.25. The van der Waals surface area contributed by atoms with Crippen molar-refractivity contribution in [3.8, 4) is 0 Å². The first-order valence-corrected chi connectivity index (χ1v) is 8.27. The predicted octanol–water partition coefficient (Wildman–Crippen LogP) is 2.79. The van der Waals surface area contributed by atoms with Gasteiger partial charge in [-0.1, -0.05) is 18.2 Å². The molecule has 4 rings (SSSR count). The molecule has 3 aromatic rings. The monoisotopic (exact) mass is 337 g/mol. The van der Waals surface area contributed by atoms with Crippen LogP contribution < -0.4 is 4.90 Å². The molecule has 0 aliphatic carbocycles. The minimum Gasteiger partial charge on any atom is -0.465 e. The zero-order valence-corrected chi connectivity index (χ0v) is 13.9. The third kappa shape index (κ3) is 2.64. The second-order valence-electron chi connectivity index (χ2n) is 6.13. The maximum atomic E-state index is 11.9. The smallest absolute Gasteiger partial charge is 0.340 e. The molecule has 2 aromatic heterocycles. The van der Waals surface area contributed by atoms with Gasteiger partial charge in [0.15, 0.2) is 6.23 Å². The standard InChI is InChI=1S/C19H19N3O3/c1-25-19(24)13-8-9-20-14-11-15(21-17(13)14)18(23)22-10-4-6-12-5-2-3-7-16(12)22/h2-3,5,7-9,11,18,21,23H,4,6,10H2,1H3. The van der Waals surface area contributed by atoms with E-state index in [1.807, 2.05) is 23.1 Å². The number of ether oxygens (including phenoxy) is 1. The summed E-state index contributed by atoms with van der Waals surface area (Å²) in [5.74, 6) is -0.432. The van der Waals surface area contributed by atoms with Crippen molar-refractivity contribution in [1.82, 2.24) is 9.97 Å². The van der Waals surface area contributed by atoms with Crippen LogP contribution in [0.5, 0.6) is 0 Å². The van der Waals surface area contributed by atoms with Gasteiger partial charge in [0, 0.05) is 18.4 Å². The van der Waals surface area contributed by atoms with Crippen LogP contribution in [0.1, 0.15) is 34.3 Å². The Morgan fingerprint density at radius 1 is 1.36 bits per heavy atom. The number of rotatable bonds is 3. The second-order valence-corrected chi connectivity index (χ2v) is 6.13. The van der Waals surface area contributed by atoms with Crippen LogP contribution >= 0.6 is 0 Å². The van der Waals surface area contributed by atoms with Gasteiger partial charge in [0.05, 0.1) is 29.4 Å². The van der Waals surface area contributed by atoms with Gasteiger partial charge in [0.2, 0.25) is 0 Å². The van der Waals surface area contributed by atoms with E-state index in [1.54, 1.807) is 18.3 Å². The molecular weight excluding hydrogens is 318 g/mol. The number of aliphatic hydroxyl groups excluding tert-OH is 1. The molecule has 0 bridgehead atoms. The predicted molar refractivity (Wildman–Crippen MR) is 94.5 cm³/mol. The van der Waals surface area contributed by atoms with E-state index < -0.39 is 12.2 Å². The Morgan fingerprint density at radius 3 is 3.04 bits per heavy atom. The highest BCUT2D eigenvalue weighted by Crippen LogP contribution is 2.33. The maximum Gasteiger partial charge on any atom is 0.340 e. The number of aryl methyl sites for hydroxylation is 1. The summed E-state index contributed by atoms with van der Waals surface area (Å²) in [6, 6.07) is 11.5. The number of nitrogens with zero attached hydrogens (tertiary/aromatic N) is 2. The molecule has 1 atom stereocenters. The quantitative estimate of drug-likeness (QED) is 0.719. The Bertz CT molecular complexity index is 935. The lowest BCUT2D eigenvalue weighted by molar-refractivity contribution is 0.0602. The average Bonchev–Trinajstić information content (AvgIpc) is 3.10. The molecule has 3 heterocycles. The minimum absolute atomic E-state index is 0.407. The summed E-state index contributed by atoms with van der Waals surface area (Å²) in [7, 11) is 1.35. The van der Waals surface area contributed by atoms with E-state index in [-0.39, 0.29) is 0 Å². The van der Waals surface area contributed by atoms with Crippen LogP contribution in [-0.4, -0.2) is 34.7 Å². The topological polar surface area (TPSA) is 78.5 Å².